The Kier molecular flexibility index (Phi) is 6.71. The van der Waals surface area contributed by atoms with Gasteiger partial charge in [-0.25, -0.2) is 13.1 Å². The van der Waals surface area contributed by atoms with E-state index >= 15 is 0 Å². The van der Waals surface area contributed by atoms with Crippen molar-refractivity contribution >= 4 is 33.2 Å². The highest BCUT2D eigenvalue weighted by Crippen LogP contribution is 2.33. The Bertz CT molecular complexity index is 593. The van der Waals surface area contributed by atoms with Crippen molar-refractivity contribution in [1.82, 2.24) is 9.62 Å². The van der Waals surface area contributed by atoms with Crippen LogP contribution in [0.3, 0.4) is 0 Å². The lowest BCUT2D eigenvalue weighted by Crippen LogP contribution is -2.37. The second-order valence-electron chi connectivity index (χ2n) is 4.69. The van der Waals surface area contributed by atoms with Gasteiger partial charge in [0.1, 0.15) is 10.6 Å². The largest absolute Gasteiger partial charge is 0.495 e. The summed E-state index contributed by atoms with van der Waals surface area (Å²) in [7, 11) is 1.09. The molecule has 0 radical (unpaired) electrons. The van der Waals surface area contributed by atoms with Gasteiger partial charge >= 0.3 is 0 Å². The van der Waals surface area contributed by atoms with Crippen molar-refractivity contribution in [1.29, 1.82) is 0 Å². The van der Waals surface area contributed by atoms with Crippen LogP contribution in [0.4, 0.5) is 0 Å². The smallest absolute Gasteiger partial charge is 0.242 e. The van der Waals surface area contributed by atoms with Crippen LogP contribution in [0.2, 0.25) is 10.0 Å². The molecular weight excluding hydrogens is 339 g/mol. The first-order valence-electron chi connectivity index (χ1n) is 6.03. The third-order valence-corrected chi connectivity index (χ3v) is 4.76. The number of halogens is 2. The monoisotopic (exact) mass is 356 g/mol. The van der Waals surface area contributed by atoms with Crippen molar-refractivity contribution in [2.75, 3.05) is 34.3 Å². The number of ether oxygens (including phenoxy) is 1. The molecule has 0 aliphatic rings. The lowest BCUT2D eigenvalue weighted by atomic mass is 10.3. The lowest BCUT2D eigenvalue weighted by molar-refractivity contribution is 0.140. The van der Waals surface area contributed by atoms with Gasteiger partial charge in [-0.3, -0.25) is 0 Å². The molecule has 0 aliphatic carbocycles. The van der Waals surface area contributed by atoms with Gasteiger partial charge in [-0.1, -0.05) is 23.2 Å². The van der Waals surface area contributed by atoms with E-state index in [9.17, 15) is 13.5 Å². The van der Waals surface area contributed by atoms with Crippen molar-refractivity contribution in [3.63, 3.8) is 0 Å². The summed E-state index contributed by atoms with van der Waals surface area (Å²) in [6.07, 6.45) is -0.831. The Morgan fingerprint density at radius 1 is 1.33 bits per heavy atom. The molecule has 1 rings (SSSR count). The maximum Gasteiger partial charge on any atom is 0.242 e. The number of nitrogens with zero attached hydrogens (tertiary/aromatic N) is 1. The first-order chi connectivity index (χ1) is 9.67. The van der Waals surface area contributed by atoms with Gasteiger partial charge in [0, 0.05) is 19.2 Å². The van der Waals surface area contributed by atoms with E-state index in [1.165, 1.54) is 19.2 Å². The Balaban J connectivity index is 2.91. The van der Waals surface area contributed by atoms with Crippen molar-refractivity contribution in [2.45, 2.75) is 11.0 Å². The second-order valence-corrected chi connectivity index (χ2v) is 7.23. The van der Waals surface area contributed by atoms with Gasteiger partial charge in [0.25, 0.3) is 0 Å². The molecule has 0 fully saturated rings. The number of benzene rings is 1. The van der Waals surface area contributed by atoms with Crippen LogP contribution in [0.15, 0.2) is 17.0 Å². The fraction of sp³-hybridized carbons (Fsp3) is 0.500. The second kappa shape index (κ2) is 7.62. The van der Waals surface area contributed by atoms with Crippen LogP contribution in [-0.4, -0.2) is 58.8 Å². The van der Waals surface area contributed by atoms with Crippen molar-refractivity contribution < 1.29 is 18.3 Å². The fourth-order valence-corrected chi connectivity index (χ4v) is 3.56. The van der Waals surface area contributed by atoms with Gasteiger partial charge in [0.15, 0.2) is 0 Å². The van der Waals surface area contributed by atoms with Crippen molar-refractivity contribution in [3.05, 3.63) is 22.2 Å². The molecule has 0 bridgehead atoms. The number of likely N-dealkylation sites (N-methyl/N-ethyl adjacent to an activating group) is 1. The summed E-state index contributed by atoms with van der Waals surface area (Å²) >= 11 is 11.8. The third-order valence-electron chi connectivity index (χ3n) is 2.58. The highest BCUT2D eigenvalue weighted by molar-refractivity contribution is 7.89. The zero-order chi connectivity index (χ0) is 16.2. The Hall–Kier alpha value is -0.570. The zero-order valence-corrected chi connectivity index (χ0v) is 14.3. The van der Waals surface area contributed by atoms with Gasteiger partial charge in [0.2, 0.25) is 10.0 Å². The van der Waals surface area contributed by atoms with Crippen LogP contribution in [-0.2, 0) is 10.0 Å². The first kappa shape index (κ1) is 18.5. The van der Waals surface area contributed by atoms with Crippen molar-refractivity contribution in [2.24, 2.45) is 0 Å². The summed E-state index contributed by atoms with van der Waals surface area (Å²) in [6.45, 7) is 0.208. The molecule has 0 amide bonds. The predicted octanol–water partition coefficient (Wildman–Crippen LogP) is 1.20. The van der Waals surface area contributed by atoms with Crippen LogP contribution >= 0.6 is 23.2 Å². The minimum absolute atomic E-state index is 0.00847. The summed E-state index contributed by atoms with van der Waals surface area (Å²) in [5, 5.41) is 9.82. The number of hydrogen-bond acceptors (Lipinski definition) is 5. The Morgan fingerprint density at radius 2 is 1.95 bits per heavy atom. The molecule has 6 nitrogen and oxygen atoms in total. The summed E-state index contributed by atoms with van der Waals surface area (Å²) in [4.78, 5) is 1.59. The van der Waals surface area contributed by atoms with E-state index in [-0.39, 0.29) is 27.2 Å². The number of rotatable bonds is 7. The minimum Gasteiger partial charge on any atom is -0.495 e. The molecule has 1 aromatic carbocycles. The van der Waals surface area contributed by atoms with Gasteiger partial charge in [0.05, 0.1) is 23.3 Å². The molecule has 0 aliphatic heterocycles. The molecule has 0 saturated carbocycles. The first-order valence-corrected chi connectivity index (χ1v) is 8.26. The number of methoxy groups -OCH3 is 1. The molecule has 1 atom stereocenters. The highest BCUT2D eigenvalue weighted by atomic mass is 35.5. The van der Waals surface area contributed by atoms with E-state index in [1.54, 1.807) is 19.0 Å². The number of aliphatic hydroxyl groups is 1. The van der Waals surface area contributed by atoms with Gasteiger partial charge < -0.3 is 14.7 Å². The van der Waals surface area contributed by atoms with E-state index < -0.39 is 16.1 Å². The Labute approximate surface area is 134 Å². The Morgan fingerprint density at radius 3 is 2.48 bits per heavy atom. The minimum atomic E-state index is -3.87. The lowest BCUT2D eigenvalue weighted by Gasteiger charge is -2.17. The van der Waals surface area contributed by atoms with E-state index in [0.29, 0.717) is 6.54 Å². The van der Waals surface area contributed by atoms with E-state index in [1.807, 2.05) is 0 Å². The number of aliphatic hydroxyl groups excluding tert-OH is 1. The maximum absolute atomic E-state index is 12.2. The fourth-order valence-electron chi connectivity index (χ4n) is 1.64. The number of hydrogen-bond donors (Lipinski definition) is 2. The van der Waals surface area contributed by atoms with E-state index in [2.05, 4.69) is 4.72 Å². The molecular formula is C12H18Cl2N2O4S. The summed E-state index contributed by atoms with van der Waals surface area (Å²) in [6, 6.07) is 2.54. The molecule has 0 heterocycles. The van der Waals surface area contributed by atoms with Gasteiger partial charge in [-0.15, -0.1) is 0 Å². The molecule has 21 heavy (non-hydrogen) atoms. The number of sulfonamides is 1. The zero-order valence-electron chi connectivity index (χ0n) is 11.9. The molecule has 9 heteroatoms. The summed E-state index contributed by atoms with van der Waals surface area (Å²) in [5.41, 5.74) is 0. The van der Waals surface area contributed by atoms with Crippen LogP contribution in [0, 0.1) is 0 Å². The van der Waals surface area contributed by atoms with E-state index in [0.717, 1.165) is 0 Å². The molecule has 1 aromatic rings. The average molecular weight is 357 g/mol. The van der Waals surface area contributed by atoms with Crippen molar-refractivity contribution in [3.8, 4) is 5.75 Å². The molecule has 0 saturated heterocycles. The van der Waals surface area contributed by atoms with Crippen LogP contribution < -0.4 is 9.46 Å². The molecule has 1 unspecified atom stereocenters. The maximum atomic E-state index is 12.2. The average Bonchev–Trinajstić information content (AvgIpc) is 2.38. The van der Waals surface area contributed by atoms with Crippen LogP contribution in [0.1, 0.15) is 0 Å². The van der Waals surface area contributed by atoms with Crippen LogP contribution in [0.25, 0.3) is 0 Å². The normalized spacial score (nSPS) is 13.5. The molecule has 120 valence electrons. The molecule has 2 N–H and O–H groups in total. The topological polar surface area (TPSA) is 78.9 Å². The standard InChI is InChI=1S/C12H18Cl2N2O4S/c1-16(2)7-8(17)6-15-21(18,19)12-5-9(13)11(20-3)4-10(12)14/h4-5,8,15,17H,6-7H2,1-3H3. The number of nitrogens with one attached hydrogen (secondary N) is 1. The third kappa shape index (κ3) is 5.28. The SMILES string of the molecule is COc1cc(Cl)c(S(=O)(=O)NCC(O)CN(C)C)cc1Cl. The van der Waals surface area contributed by atoms with Gasteiger partial charge in [-0.05, 0) is 20.2 Å². The van der Waals surface area contributed by atoms with Crippen LogP contribution in [0.5, 0.6) is 5.75 Å². The molecule has 0 spiro atoms. The molecule has 0 aromatic heterocycles. The predicted molar refractivity (Wildman–Crippen MR) is 82.8 cm³/mol. The summed E-state index contributed by atoms with van der Waals surface area (Å²) in [5.74, 6) is 0.285. The highest BCUT2D eigenvalue weighted by Gasteiger charge is 2.21. The summed E-state index contributed by atoms with van der Waals surface area (Å²) < 4.78 is 31.6. The van der Waals surface area contributed by atoms with Gasteiger partial charge in [-0.2, -0.15) is 0 Å². The van der Waals surface area contributed by atoms with E-state index in [4.69, 9.17) is 27.9 Å². The quantitative estimate of drug-likeness (QED) is 0.767.